The molecule has 0 unspecified atom stereocenters. The zero-order valence-electron chi connectivity index (χ0n) is 10.3. The van der Waals surface area contributed by atoms with Gasteiger partial charge in [-0.15, -0.1) is 0 Å². The number of aryl methyl sites for hydroxylation is 1. The van der Waals surface area contributed by atoms with E-state index in [1.165, 1.54) is 29.3 Å². The summed E-state index contributed by atoms with van der Waals surface area (Å²) in [6.45, 7) is 2.31. The first-order chi connectivity index (χ1) is 8.34. The van der Waals surface area contributed by atoms with Gasteiger partial charge in [0.2, 0.25) is 5.52 Å². The highest BCUT2D eigenvalue weighted by molar-refractivity contribution is 5.75. The van der Waals surface area contributed by atoms with E-state index >= 15 is 0 Å². The van der Waals surface area contributed by atoms with Crippen molar-refractivity contribution in [2.75, 3.05) is 13.1 Å². The number of hydrogen-bond donors (Lipinski definition) is 1. The van der Waals surface area contributed by atoms with Crippen molar-refractivity contribution >= 4 is 10.9 Å². The Morgan fingerprint density at radius 3 is 2.76 bits per heavy atom. The summed E-state index contributed by atoms with van der Waals surface area (Å²) in [5.41, 5.74) is 2.80. The van der Waals surface area contributed by atoms with Gasteiger partial charge in [0.05, 0.1) is 0 Å². The average molecular weight is 227 g/mol. The van der Waals surface area contributed by atoms with E-state index in [2.05, 4.69) is 53.5 Å². The molecule has 17 heavy (non-hydrogen) atoms. The summed E-state index contributed by atoms with van der Waals surface area (Å²) in [6, 6.07) is 11.0. The lowest BCUT2D eigenvalue weighted by atomic mass is 9.90. The van der Waals surface area contributed by atoms with Crippen LogP contribution in [0.3, 0.4) is 0 Å². The van der Waals surface area contributed by atoms with Gasteiger partial charge in [-0.3, -0.25) is 0 Å². The van der Waals surface area contributed by atoms with Crippen molar-refractivity contribution in [2.24, 2.45) is 7.05 Å². The molecule has 1 aliphatic heterocycles. The molecule has 1 fully saturated rings. The van der Waals surface area contributed by atoms with Gasteiger partial charge in [0.15, 0.2) is 6.20 Å². The number of fused-ring (bicyclic) bond motifs is 1. The predicted octanol–water partition coefficient (Wildman–Crippen LogP) is 2.13. The number of para-hydroxylation sites is 1. The number of piperidine rings is 1. The van der Waals surface area contributed by atoms with Crippen LogP contribution in [0.4, 0.5) is 0 Å². The van der Waals surface area contributed by atoms with Crippen LogP contribution < -0.4 is 9.88 Å². The normalized spacial score (nSPS) is 17.5. The van der Waals surface area contributed by atoms with Crippen molar-refractivity contribution < 1.29 is 4.57 Å². The van der Waals surface area contributed by atoms with Crippen molar-refractivity contribution in [3.63, 3.8) is 0 Å². The monoisotopic (exact) mass is 227 g/mol. The van der Waals surface area contributed by atoms with Crippen LogP contribution in [0, 0.1) is 0 Å². The van der Waals surface area contributed by atoms with Gasteiger partial charge in [-0.05, 0) is 44.0 Å². The first kappa shape index (κ1) is 10.7. The molecule has 0 aliphatic carbocycles. The summed E-state index contributed by atoms with van der Waals surface area (Å²) in [5, 5.41) is 4.78. The van der Waals surface area contributed by atoms with Crippen molar-refractivity contribution in [1.82, 2.24) is 5.32 Å². The van der Waals surface area contributed by atoms with E-state index in [0.29, 0.717) is 0 Å². The molecule has 1 N–H and O–H groups in total. The van der Waals surface area contributed by atoms with E-state index in [1.54, 1.807) is 0 Å². The number of benzene rings is 1. The highest BCUT2D eigenvalue weighted by Crippen LogP contribution is 2.26. The summed E-state index contributed by atoms with van der Waals surface area (Å²) >= 11 is 0. The second-order valence-corrected chi connectivity index (χ2v) is 4.97. The molecule has 2 nitrogen and oxygen atoms in total. The smallest absolute Gasteiger partial charge is 0.212 e. The fourth-order valence-corrected chi connectivity index (χ4v) is 2.82. The molecule has 1 aromatic heterocycles. The summed E-state index contributed by atoms with van der Waals surface area (Å²) in [4.78, 5) is 0. The minimum atomic E-state index is 0.729. The van der Waals surface area contributed by atoms with Crippen molar-refractivity contribution in [2.45, 2.75) is 18.8 Å². The Bertz CT molecular complexity index is 527. The van der Waals surface area contributed by atoms with Crippen molar-refractivity contribution in [1.29, 1.82) is 0 Å². The summed E-state index contributed by atoms with van der Waals surface area (Å²) in [5.74, 6) is 0.729. The Kier molecular flexibility index (Phi) is 2.81. The fraction of sp³-hybridized carbons (Fsp3) is 0.400. The molecule has 1 saturated heterocycles. The van der Waals surface area contributed by atoms with E-state index in [0.717, 1.165) is 19.0 Å². The molecule has 1 aromatic carbocycles. The van der Waals surface area contributed by atoms with Crippen LogP contribution in [0.2, 0.25) is 0 Å². The van der Waals surface area contributed by atoms with E-state index in [4.69, 9.17) is 0 Å². The topological polar surface area (TPSA) is 15.9 Å². The van der Waals surface area contributed by atoms with Crippen LogP contribution in [0.1, 0.15) is 24.3 Å². The second kappa shape index (κ2) is 4.46. The molecule has 0 amide bonds. The van der Waals surface area contributed by atoms with Crippen molar-refractivity contribution in [3.05, 3.63) is 42.1 Å². The van der Waals surface area contributed by atoms with E-state index in [-0.39, 0.29) is 0 Å². The molecule has 1 aliphatic rings. The summed E-state index contributed by atoms with van der Waals surface area (Å²) in [7, 11) is 2.15. The number of hydrogen-bond acceptors (Lipinski definition) is 1. The van der Waals surface area contributed by atoms with Gasteiger partial charge in [0.25, 0.3) is 0 Å². The molecule has 2 heteroatoms. The zero-order valence-corrected chi connectivity index (χ0v) is 10.3. The first-order valence-corrected chi connectivity index (χ1v) is 6.43. The highest BCUT2D eigenvalue weighted by atomic mass is 14.9. The van der Waals surface area contributed by atoms with Crippen LogP contribution in [0.25, 0.3) is 10.9 Å². The fourth-order valence-electron chi connectivity index (χ4n) is 2.82. The van der Waals surface area contributed by atoms with Crippen molar-refractivity contribution in [3.8, 4) is 0 Å². The Balaban J connectivity index is 2.05. The number of nitrogens with zero attached hydrogens (tertiary/aromatic N) is 1. The third-order valence-corrected chi connectivity index (χ3v) is 3.79. The summed E-state index contributed by atoms with van der Waals surface area (Å²) < 4.78 is 2.26. The van der Waals surface area contributed by atoms with Crippen LogP contribution in [0.15, 0.2) is 36.5 Å². The maximum Gasteiger partial charge on any atom is 0.212 e. The number of rotatable bonds is 1. The molecule has 2 heterocycles. The van der Waals surface area contributed by atoms with Gasteiger partial charge >= 0.3 is 0 Å². The van der Waals surface area contributed by atoms with E-state index in [9.17, 15) is 0 Å². The standard InChI is InChI=1S/C15H19N2/c1-17-11-14(12-6-8-16-9-7-12)10-13-4-2-3-5-15(13)17/h2-5,10-12,16H,6-9H2,1H3/q+1. The maximum absolute atomic E-state index is 3.43. The first-order valence-electron chi connectivity index (χ1n) is 6.43. The minimum absolute atomic E-state index is 0.729. The molecule has 88 valence electrons. The lowest BCUT2D eigenvalue weighted by Gasteiger charge is -2.22. The number of aromatic nitrogens is 1. The number of nitrogens with one attached hydrogen (secondary N) is 1. The largest absolute Gasteiger partial charge is 0.317 e. The van der Waals surface area contributed by atoms with Gasteiger partial charge in [-0.2, -0.15) is 0 Å². The van der Waals surface area contributed by atoms with Crippen LogP contribution in [0.5, 0.6) is 0 Å². The lowest BCUT2D eigenvalue weighted by molar-refractivity contribution is -0.645. The molecular weight excluding hydrogens is 208 g/mol. The molecule has 3 rings (SSSR count). The van der Waals surface area contributed by atoms with Crippen LogP contribution in [-0.2, 0) is 7.05 Å². The van der Waals surface area contributed by atoms with Crippen LogP contribution >= 0.6 is 0 Å². The molecular formula is C15H19N2+. The van der Waals surface area contributed by atoms with Gasteiger partial charge in [0, 0.05) is 17.0 Å². The average Bonchev–Trinajstić information content (AvgIpc) is 2.40. The lowest BCUT2D eigenvalue weighted by Crippen LogP contribution is -2.32. The van der Waals surface area contributed by atoms with E-state index in [1.807, 2.05) is 0 Å². The quantitative estimate of drug-likeness (QED) is 0.738. The third-order valence-electron chi connectivity index (χ3n) is 3.79. The minimum Gasteiger partial charge on any atom is -0.317 e. The third kappa shape index (κ3) is 2.05. The predicted molar refractivity (Wildman–Crippen MR) is 70.0 cm³/mol. The van der Waals surface area contributed by atoms with Gasteiger partial charge in [-0.1, -0.05) is 12.1 Å². The van der Waals surface area contributed by atoms with Gasteiger partial charge in [-0.25, -0.2) is 4.57 Å². The highest BCUT2D eigenvalue weighted by Gasteiger charge is 2.18. The van der Waals surface area contributed by atoms with Gasteiger partial charge < -0.3 is 5.32 Å². The summed E-state index contributed by atoms with van der Waals surface area (Å²) in [6.07, 6.45) is 4.83. The molecule has 0 spiro atoms. The molecule has 0 saturated carbocycles. The Morgan fingerprint density at radius 1 is 1.18 bits per heavy atom. The molecule has 0 radical (unpaired) electrons. The second-order valence-electron chi connectivity index (χ2n) is 4.97. The van der Waals surface area contributed by atoms with Crippen LogP contribution in [-0.4, -0.2) is 13.1 Å². The SMILES string of the molecule is C[n+]1cc(C2CCNCC2)cc2ccccc21. The Hall–Kier alpha value is -1.41. The Morgan fingerprint density at radius 2 is 1.94 bits per heavy atom. The zero-order chi connectivity index (χ0) is 11.7. The van der Waals surface area contributed by atoms with E-state index < -0.39 is 0 Å². The molecule has 2 aromatic rings. The Labute approximate surface area is 102 Å². The number of pyridine rings is 1. The maximum atomic E-state index is 3.43. The molecule has 0 bridgehead atoms. The van der Waals surface area contributed by atoms with Gasteiger partial charge in [0.1, 0.15) is 7.05 Å². The molecule has 0 atom stereocenters.